The molecule has 1 heterocycles. The van der Waals surface area contributed by atoms with Gasteiger partial charge in [-0.3, -0.25) is 0 Å². The molecule has 1 saturated heterocycles. The fourth-order valence-corrected chi connectivity index (χ4v) is 5.66. The average molecular weight is 462 g/mol. The van der Waals surface area contributed by atoms with Crippen molar-refractivity contribution < 1.29 is 9.31 Å². The van der Waals surface area contributed by atoms with Crippen LogP contribution in [0.15, 0.2) is 42.5 Å². The molecule has 1 aliphatic carbocycles. The van der Waals surface area contributed by atoms with Gasteiger partial charge >= 0.3 is 7.12 Å². The van der Waals surface area contributed by atoms with E-state index < -0.39 is 0 Å². The minimum Gasteiger partial charge on any atom is -0.399 e. The average Bonchev–Trinajstić information content (AvgIpc) is 3.15. The molecule has 0 amide bonds. The summed E-state index contributed by atoms with van der Waals surface area (Å²) in [6, 6.07) is 16.0. The Morgan fingerprint density at radius 2 is 1.24 bits per heavy atom. The normalized spacial score (nSPS) is 19.6. The zero-order chi connectivity index (χ0) is 24.7. The van der Waals surface area contributed by atoms with Crippen LogP contribution in [0, 0.1) is 0 Å². The van der Waals surface area contributed by atoms with Crippen molar-refractivity contribution in [2.24, 2.45) is 0 Å². The van der Waals surface area contributed by atoms with Crippen LogP contribution in [0.3, 0.4) is 0 Å². The highest BCUT2D eigenvalue weighted by Crippen LogP contribution is 2.53. The molecular formula is C29H43BN2O2. The van der Waals surface area contributed by atoms with Crippen LogP contribution in [-0.2, 0) is 14.7 Å². The third-order valence-corrected chi connectivity index (χ3v) is 8.24. The van der Waals surface area contributed by atoms with Gasteiger partial charge in [-0.1, -0.05) is 42.5 Å². The highest BCUT2D eigenvalue weighted by molar-refractivity contribution is 6.62. The van der Waals surface area contributed by atoms with E-state index in [-0.39, 0.29) is 23.7 Å². The molecule has 0 bridgehead atoms. The quantitative estimate of drug-likeness (QED) is 0.493. The number of hydrogen-bond donors (Lipinski definition) is 0. The Morgan fingerprint density at radius 1 is 0.706 bits per heavy atom. The minimum absolute atomic E-state index is 0.0254. The molecule has 2 aromatic carbocycles. The Bertz CT molecular complexity index is 985. The summed E-state index contributed by atoms with van der Waals surface area (Å²) in [5.74, 6) is 0. The SMILES string of the molecule is CN(C)CCCC1(CCCN(C)C)c2ccccc2-c2ccc(B3OC(C)(C)C(C)(C)O3)cc21. The summed E-state index contributed by atoms with van der Waals surface area (Å²) in [4.78, 5) is 4.60. The summed E-state index contributed by atoms with van der Waals surface area (Å²) in [7, 11) is 8.36. The van der Waals surface area contributed by atoms with Crippen molar-refractivity contribution in [2.75, 3.05) is 41.3 Å². The van der Waals surface area contributed by atoms with Crippen LogP contribution in [0.2, 0.25) is 0 Å². The molecule has 2 aromatic rings. The monoisotopic (exact) mass is 462 g/mol. The molecule has 0 saturated carbocycles. The van der Waals surface area contributed by atoms with E-state index in [1.807, 2.05) is 0 Å². The molecule has 5 heteroatoms. The molecule has 4 nitrogen and oxygen atoms in total. The van der Waals surface area contributed by atoms with Gasteiger partial charge in [0, 0.05) is 5.41 Å². The lowest BCUT2D eigenvalue weighted by Crippen LogP contribution is -2.41. The second kappa shape index (κ2) is 9.42. The second-order valence-corrected chi connectivity index (χ2v) is 11.8. The maximum atomic E-state index is 6.44. The second-order valence-electron chi connectivity index (χ2n) is 11.8. The van der Waals surface area contributed by atoms with Gasteiger partial charge in [-0.15, -0.1) is 0 Å². The van der Waals surface area contributed by atoms with Crippen LogP contribution in [0.4, 0.5) is 0 Å². The van der Waals surface area contributed by atoms with Crippen LogP contribution in [-0.4, -0.2) is 69.4 Å². The first-order valence-electron chi connectivity index (χ1n) is 12.9. The molecule has 0 radical (unpaired) electrons. The third kappa shape index (κ3) is 4.60. The van der Waals surface area contributed by atoms with Crippen molar-refractivity contribution in [2.45, 2.75) is 70.0 Å². The van der Waals surface area contributed by atoms with E-state index >= 15 is 0 Å². The number of nitrogens with zero attached hydrogens (tertiary/aromatic N) is 2. The lowest BCUT2D eigenvalue weighted by Gasteiger charge is -2.34. The Balaban J connectivity index is 1.77. The summed E-state index contributed by atoms with van der Waals surface area (Å²) >= 11 is 0. The summed E-state index contributed by atoms with van der Waals surface area (Å²) in [5, 5.41) is 0. The van der Waals surface area contributed by atoms with Gasteiger partial charge in [-0.2, -0.15) is 0 Å². The molecule has 1 fully saturated rings. The smallest absolute Gasteiger partial charge is 0.399 e. The Morgan fingerprint density at radius 3 is 1.79 bits per heavy atom. The zero-order valence-electron chi connectivity index (χ0n) is 22.6. The van der Waals surface area contributed by atoms with E-state index in [2.05, 4.69) is 108 Å². The summed E-state index contributed by atoms with van der Waals surface area (Å²) in [6.45, 7) is 10.7. The summed E-state index contributed by atoms with van der Waals surface area (Å²) in [6.07, 6.45) is 4.64. The highest BCUT2D eigenvalue weighted by Gasteiger charge is 2.52. The van der Waals surface area contributed by atoms with Crippen molar-refractivity contribution in [3.05, 3.63) is 53.6 Å². The third-order valence-electron chi connectivity index (χ3n) is 8.24. The molecular weight excluding hydrogens is 419 g/mol. The van der Waals surface area contributed by atoms with E-state index in [9.17, 15) is 0 Å². The fourth-order valence-electron chi connectivity index (χ4n) is 5.66. The molecule has 4 rings (SSSR count). The predicted molar refractivity (Wildman–Crippen MR) is 144 cm³/mol. The lowest BCUT2D eigenvalue weighted by molar-refractivity contribution is 0.00578. The first kappa shape index (κ1) is 25.4. The van der Waals surface area contributed by atoms with E-state index in [1.54, 1.807) is 0 Å². The first-order chi connectivity index (χ1) is 16.0. The van der Waals surface area contributed by atoms with E-state index in [4.69, 9.17) is 9.31 Å². The molecule has 0 spiro atoms. The van der Waals surface area contributed by atoms with Gasteiger partial charge in [0.25, 0.3) is 0 Å². The van der Waals surface area contributed by atoms with Gasteiger partial charge in [0.15, 0.2) is 0 Å². The van der Waals surface area contributed by atoms with Gasteiger partial charge in [0.1, 0.15) is 0 Å². The van der Waals surface area contributed by atoms with E-state index in [0.717, 1.165) is 31.4 Å². The molecule has 0 N–H and O–H groups in total. The van der Waals surface area contributed by atoms with E-state index in [1.165, 1.54) is 35.1 Å². The standard InChI is InChI=1S/C29H43BN2O2/c1-27(2)28(3,4)34-30(33-27)22-15-16-24-23-13-9-10-14-25(23)29(26(24)21-22,17-11-19-31(5)6)18-12-20-32(7)8/h9-10,13-16,21H,11-12,17-20H2,1-8H3. The van der Waals surface area contributed by atoms with Crippen LogP contribution in [0.1, 0.15) is 64.5 Å². The Kier molecular flexibility index (Phi) is 7.05. The molecule has 2 aliphatic rings. The van der Waals surface area contributed by atoms with Gasteiger partial charge in [-0.25, -0.2) is 0 Å². The first-order valence-corrected chi connectivity index (χ1v) is 12.9. The summed E-state index contributed by atoms with van der Waals surface area (Å²) in [5.41, 5.74) is 6.21. The fraction of sp³-hybridized carbons (Fsp3) is 0.586. The van der Waals surface area contributed by atoms with Gasteiger partial charge in [0.2, 0.25) is 0 Å². The number of fused-ring (bicyclic) bond motifs is 3. The topological polar surface area (TPSA) is 24.9 Å². The van der Waals surface area contributed by atoms with E-state index in [0.29, 0.717) is 0 Å². The maximum Gasteiger partial charge on any atom is 0.494 e. The molecule has 184 valence electrons. The van der Waals surface area contributed by atoms with Crippen molar-refractivity contribution >= 4 is 12.6 Å². The van der Waals surface area contributed by atoms with Crippen molar-refractivity contribution in [3.63, 3.8) is 0 Å². The molecule has 0 atom stereocenters. The summed E-state index contributed by atoms with van der Waals surface area (Å²) < 4.78 is 12.9. The highest BCUT2D eigenvalue weighted by atomic mass is 16.7. The van der Waals surface area contributed by atoms with Crippen LogP contribution in [0.5, 0.6) is 0 Å². The van der Waals surface area contributed by atoms with Gasteiger partial charge < -0.3 is 19.1 Å². The van der Waals surface area contributed by atoms with Crippen LogP contribution in [0.25, 0.3) is 11.1 Å². The minimum atomic E-state index is -0.339. The number of benzene rings is 2. The van der Waals surface area contributed by atoms with Crippen LogP contribution >= 0.6 is 0 Å². The zero-order valence-corrected chi connectivity index (χ0v) is 22.6. The lowest BCUT2D eigenvalue weighted by atomic mass is 9.69. The van der Waals surface area contributed by atoms with Gasteiger partial charge in [0.05, 0.1) is 11.2 Å². The molecule has 1 aliphatic heterocycles. The molecule has 0 aromatic heterocycles. The van der Waals surface area contributed by atoms with Gasteiger partial charge in [-0.05, 0) is 122 Å². The Labute approximate surface area is 207 Å². The van der Waals surface area contributed by atoms with Crippen molar-refractivity contribution in [3.8, 4) is 11.1 Å². The maximum absolute atomic E-state index is 6.44. The van der Waals surface area contributed by atoms with Crippen LogP contribution < -0.4 is 5.46 Å². The van der Waals surface area contributed by atoms with Crippen molar-refractivity contribution in [1.29, 1.82) is 0 Å². The molecule has 0 unspecified atom stereocenters. The Hall–Kier alpha value is -1.66. The predicted octanol–water partition coefficient (Wildman–Crippen LogP) is 4.94. The van der Waals surface area contributed by atoms with Crippen molar-refractivity contribution in [1.82, 2.24) is 9.80 Å². The number of rotatable bonds is 9. The largest absolute Gasteiger partial charge is 0.494 e. The molecule has 34 heavy (non-hydrogen) atoms. The number of hydrogen-bond acceptors (Lipinski definition) is 4.